The summed E-state index contributed by atoms with van der Waals surface area (Å²) in [4.78, 5) is 11.7. The lowest BCUT2D eigenvalue weighted by molar-refractivity contribution is -0.123. The van der Waals surface area contributed by atoms with E-state index >= 15 is 0 Å². The van der Waals surface area contributed by atoms with E-state index in [1.807, 2.05) is 27.7 Å². The molecule has 0 aliphatic heterocycles. The Hall–Kier alpha value is -1.58. The first kappa shape index (κ1) is 14.5. The number of primary amides is 1. The number of rotatable bonds is 5. The molecule has 0 aliphatic rings. The minimum atomic E-state index is -0.847. The van der Waals surface area contributed by atoms with E-state index in [0.717, 1.165) is 5.56 Å². The van der Waals surface area contributed by atoms with Gasteiger partial charge in [0.15, 0.2) is 0 Å². The lowest BCUT2D eigenvalue weighted by Gasteiger charge is -2.35. The third-order valence-electron chi connectivity index (χ3n) is 3.39. The first-order chi connectivity index (χ1) is 8.31. The maximum atomic E-state index is 13.4. The lowest BCUT2D eigenvalue weighted by Crippen LogP contribution is -2.54. The zero-order valence-electron chi connectivity index (χ0n) is 11.4. The molecular weight excluding hydrogens is 231 g/mol. The summed E-state index contributed by atoms with van der Waals surface area (Å²) in [5, 5.41) is 3.11. The summed E-state index contributed by atoms with van der Waals surface area (Å²) in [6, 6.07) is 4.62. The molecule has 0 saturated carbocycles. The molecule has 0 bridgehead atoms. The number of amides is 1. The Kier molecular flexibility index (Phi) is 4.33. The van der Waals surface area contributed by atoms with E-state index in [2.05, 4.69) is 5.32 Å². The zero-order chi connectivity index (χ0) is 13.9. The molecule has 0 saturated heterocycles. The van der Waals surface area contributed by atoms with Crippen LogP contribution in [0.15, 0.2) is 18.2 Å². The van der Waals surface area contributed by atoms with Gasteiger partial charge in [0.2, 0.25) is 5.91 Å². The standard InChI is InChI=1S/C14H21FN2O/c1-5-14(9(2)3,13(16)18)17-12-7-10(4)6-11(15)8-12/h6-9,17H,5H2,1-4H3,(H2,16,18). The molecule has 0 spiro atoms. The minimum Gasteiger partial charge on any atom is -0.371 e. The molecule has 0 fully saturated rings. The number of hydrogen-bond donors (Lipinski definition) is 2. The largest absolute Gasteiger partial charge is 0.371 e. The predicted molar refractivity (Wildman–Crippen MR) is 71.8 cm³/mol. The molecule has 0 radical (unpaired) electrons. The zero-order valence-corrected chi connectivity index (χ0v) is 11.4. The van der Waals surface area contributed by atoms with E-state index in [-0.39, 0.29) is 11.7 Å². The third-order valence-corrected chi connectivity index (χ3v) is 3.39. The minimum absolute atomic E-state index is 0.0172. The van der Waals surface area contributed by atoms with E-state index in [0.29, 0.717) is 12.1 Å². The van der Waals surface area contributed by atoms with Crippen LogP contribution in [0, 0.1) is 18.7 Å². The van der Waals surface area contributed by atoms with Gasteiger partial charge in [0.05, 0.1) is 0 Å². The Morgan fingerprint density at radius 2 is 2.06 bits per heavy atom. The van der Waals surface area contributed by atoms with Gasteiger partial charge in [-0.3, -0.25) is 4.79 Å². The van der Waals surface area contributed by atoms with Crippen LogP contribution in [0.3, 0.4) is 0 Å². The van der Waals surface area contributed by atoms with Crippen molar-refractivity contribution in [3.63, 3.8) is 0 Å². The van der Waals surface area contributed by atoms with Gasteiger partial charge in [-0.25, -0.2) is 4.39 Å². The van der Waals surface area contributed by atoms with Crippen molar-refractivity contribution in [2.24, 2.45) is 11.7 Å². The fourth-order valence-electron chi connectivity index (χ4n) is 2.23. The number of carbonyl (C=O) groups is 1. The molecule has 0 aliphatic carbocycles. The van der Waals surface area contributed by atoms with Crippen LogP contribution < -0.4 is 11.1 Å². The van der Waals surface area contributed by atoms with Crippen LogP contribution in [0.25, 0.3) is 0 Å². The molecule has 1 aromatic rings. The number of halogens is 1. The normalized spacial score (nSPS) is 14.3. The van der Waals surface area contributed by atoms with Crippen LogP contribution >= 0.6 is 0 Å². The third kappa shape index (κ3) is 2.81. The average molecular weight is 252 g/mol. The van der Waals surface area contributed by atoms with Gasteiger partial charge in [-0.1, -0.05) is 20.8 Å². The van der Waals surface area contributed by atoms with Crippen LogP contribution in [0.4, 0.5) is 10.1 Å². The van der Waals surface area contributed by atoms with Crippen molar-refractivity contribution in [1.29, 1.82) is 0 Å². The molecule has 0 aromatic heterocycles. The molecule has 1 aromatic carbocycles. The Balaban J connectivity index is 3.14. The van der Waals surface area contributed by atoms with Gasteiger partial charge in [0.1, 0.15) is 11.4 Å². The van der Waals surface area contributed by atoms with E-state index in [4.69, 9.17) is 5.73 Å². The van der Waals surface area contributed by atoms with Crippen molar-refractivity contribution in [2.75, 3.05) is 5.32 Å². The Morgan fingerprint density at radius 3 is 2.44 bits per heavy atom. The summed E-state index contributed by atoms with van der Waals surface area (Å²) in [5.41, 5.74) is 6.05. The van der Waals surface area contributed by atoms with Gasteiger partial charge in [-0.15, -0.1) is 0 Å². The van der Waals surface area contributed by atoms with Crippen LogP contribution in [0.2, 0.25) is 0 Å². The number of anilines is 1. The summed E-state index contributed by atoms with van der Waals surface area (Å²) >= 11 is 0. The van der Waals surface area contributed by atoms with Crippen molar-refractivity contribution in [3.05, 3.63) is 29.6 Å². The number of nitrogens with two attached hydrogens (primary N) is 1. The van der Waals surface area contributed by atoms with E-state index in [1.165, 1.54) is 12.1 Å². The molecule has 1 atom stereocenters. The number of nitrogens with one attached hydrogen (secondary N) is 1. The molecule has 0 heterocycles. The highest BCUT2D eigenvalue weighted by Gasteiger charge is 2.38. The molecule has 3 N–H and O–H groups in total. The second-order valence-corrected chi connectivity index (χ2v) is 4.99. The first-order valence-corrected chi connectivity index (χ1v) is 6.17. The lowest BCUT2D eigenvalue weighted by atomic mass is 9.82. The second-order valence-electron chi connectivity index (χ2n) is 4.99. The molecule has 100 valence electrons. The highest BCUT2D eigenvalue weighted by Crippen LogP contribution is 2.27. The molecule has 3 nitrogen and oxygen atoms in total. The Morgan fingerprint density at radius 1 is 1.44 bits per heavy atom. The molecular formula is C14H21FN2O. The van der Waals surface area contributed by atoms with Crippen molar-refractivity contribution in [3.8, 4) is 0 Å². The monoisotopic (exact) mass is 252 g/mol. The second kappa shape index (κ2) is 5.38. The quantitative estimate of drug-likeness (QED) is 0.846. The summed E-state index contributed by atoms with van der Waals surface area (Å²) < 4.78 is 13.4. The predicted octanol–water partition coefficient (Wildman–Crippen LogP) is 2.84. The molecule has 4 heteroatoms. The first-order valence-electron chi connectivity index (χ1n) is 6.17. The summed E-state index contributed by atoms with van der Waals surface area (Å²) in [6.45, 7) is 7.55. The Bertz CT molecular complexity index is 425. The summed E-state index contributed by atoms with van der Waals surface area (Å²) in [5.74, 6) is -0.721. The average Bonchev–Trinajstić information content (AvgIpc) is 2.23. The smallest absolute Gasteiger partial charge is 0.243 e. The van der Waals surface area contributed by atoms with Crippen LogP contribution in [-0.2, 0) is 4.79 Å². The maximum Gasteiger partial charge on any atom is 0.243 e. The highest BCUT2D eigenvalue weighted by atomic mass is 19.1. The van der Waals surface area contributed by atoms with Gasteiger partial charge >= 0.3 is 0 Å². The van der Waals surface area contributed by atoms with Crippen molar-refractivity contribution >= 4 is 11.6 Å². The highest BCUT2D eigenvalue weighted by molar-refractivity contribution is 5.88. The van der Waals surface area contributed by atoms with Crippen LogP contribution in [-0.4, -0.2) is 11.4 Å². The number of hydrogen-bond acceptors (Lipinski definition) is 2. The fourth-order valence-corrected chi connectivity index (χ4v) is 2.23. The maximum absolute atomic E-state index is 13.4. The van der Waals surface area contributed by atoms with Gasteiger partial charge in [-0.2, -0.15) is 0 Å². The molecule has 1 unspecified atom stereocenters. The van der Waals surface area contributed by atoms with Crippen molar-refractivity contribution < 1.29 is 9.18 Å². The number of carbonyl (C=O) groups excluding carboxylic acids is 1. The number of aryl methyl sites for hydroxylation is 1. The molecule has 1 rings (SSSR count). The van der Waals surface area contributed by atoms with Crippen LogP contribution in [0.1, 0.15) is 32.8 Å². The van der Waals surface area contributed by atoms with Gasteiger partial charge in [0, 0.05) is 5.69 Å². The summed E-state index contributed by atoms with van der Waals surface area (Å²) in [7, 11) is 0. The van der Waals surface area contributed by atoms with E-state index in [1.54, 1.807) is 6.07 Å². The summed E-state index contributed by atoms with van der Waals surface area (Å²) in [6.07, 6.45) is 0.551. The van der Waals surface area contributed by atoms with Crippen molar-refractivity contribution in [2.45, 2.75) is 39.7 Å². The van der Waals surface area contributed by atoms with Crippen molar-refractivity contribution in [1.82, 2.24) is 0 Å². The topological polar surface area (TPSA) is 55.1 Å². The number of benzene rings is 1. The van der Waals surface area contributed by atoms with Gasteiger partial charge < -0.3 is 11.1 Å². The van der Waals surface area contributed by atoms with E-state index in [9.17, 15) is 9.18 Å². The fraction of sp³-hybridized carbons (Fsp3) is 0.500. The Labute approximate surface area is 108 Å². The van der Waals surface area contributed by atoms with E-state index < -0.39 is 11.4 Å². The molecule has 1 amide bonds. The molecule has 18 heavy (non-hydrogen) atoms. The van der Waals surface area contributed by atoms with Gasteiger partial charge in [-0.05, 0) is 43.0 Å². The van der Waals surface area contributed by atoms with Crippen LogP contribution in [0.5, 0.6) is 0 Å². The van der Waals surface area contributed by atoms with Gasteiger partial charge in [0.25, 0.3) is 0 Å². The SMILES string of the molecule is CCC(Nc1cc(C)cc(F)c1)(C(N)=O)C(C)C.